The third-order valence-electron chi connectivity index (χ3n) is 6.09. The lowest BCUT2D eigenvalue weighted by Crippen LogP contribution is -2.46. The summed E-state index contributed by atoms with van der Waals surface area (Å²) in [6.07, 6.45) is 4.03. The molecular formula is C23H25Cl2N3O. The number of carbonyl (C=O) groups is 1. The van der Waals surface area contributed by atoms with E-state index >= 15 is 0 Å². The molecule has 2 aliphatic rings. The van der Waals surface area contributed by atoms with Gasteiger partial charge in [0.05, 0.1) is 10.0 Å². The van der Waals surface area contributed by atoms with Crippen LogP contribution in [-0.4, -0.2) is 37.1 Å². The Morgan fingerprint density at radius 1 is 1.17 bits per heavy atom. The number of benzene rings is 2. The molecule has 0 aromatic heterocycles. The summed E-state index contributed by atoms with van der Waals surface area (Å²) in [5.74, 6) is 0. The van der Waals surface area contributed by atoms with Crippen LogP contribution in [0.4, 0.5) is 16.2 Å². The Balaban J connectivity index is 1.60. The second-order valence-electron chi connectivity index (χ2n) is 8.04. The summed E-state index contributed by atoms with van der Waals surface area (Å²) >= 11 is 12.1. The van der Waals surface area contributed by atoms with Crippen molar-refractivity contribution in [2.75, 3.05) is 36.4 Å². The predicted molar refractivity (Wildman–Crippen MR) is 122 cm³/mol. The van der Waals surface area contributed by atoms with Crippen LogP contribution in [0, 0.1) is 6.92 Å². The lowest BCUT2D eigenvalue weighted by molar-refractivity contribution is 0.180. The third-order valence-corrected chi connectivity index (χ3v) is 6.83. The molecule has 0 unspecified atom stereocenters. The summed E-state index contributed by atoms with van der Waals surface area (Å²) in [7, 11) is 0. The van der Waals surface area contributed by atoms with Gasteiger partial charge in [0.25, 0.3) is 0 Å². The number of nitrogens with one attached hydrogen (secondary N) is 1. The maximum atomic E-state index is 13.2. The van der Waals surface area contributed by atoms with E-state index in [-0.39, 0.29) is 11.4 Å². The highest BCUT2D eigenvalue weighted by Crippen LogP contribution is 2.47. The second-order valence-corrected chi connectivity index (χ2v) is 8.85. The second kappa shape index (κ2) is 8.02. The number of amides is 2. The van der Waals surface area contributed by atoms with Crippen molar-refractivity contribution < 1.29 is 4.79 Å². The van der Waals surface area contributed by atoms with Gasteiger partial charge in [0.15, 0.2) is 0 Å². The number of anilines is 2. The Kier molecular flexibility index (Phi) is 5.60. The highest BCUT2D eigenvalue weighted by Gasteiger charge is 2.46. The van der Waals surface area contributed by atoms with Crippen LogP contribution in [0.3, 0.4) is 0 Å². The van der Waals surface area contributed by atoms with Crippen LogP contribution in [0.2, 0.25) is 10.0 Å². The first-order valence-corrected chi connectivity index (χ1v) is 10.7. The van der Waals surface area contributed by atoms with E-state index in [0.717, 1.165) is 38.2 Å². The zero-order valence-electron chi connectivity index (χ0n) is 16.5. The number of hydrogen-bond acceptors (Lipinski definition) is 2. The first-order chi connectivity index (χ1) is 13.9. The zero-order chi connectivity index (χ0) is 20.6. The summed E-state index contributed by atoms with van der Waals surface area (Å²) < 4.78 is 0. The Labute approximate surface area is 182 Å². The van der Waals surface area contributed by atoms with Crippen LogP contribution in [0.1, 0.15) is 24.0 Å². The van der Waals surface area contributed by atoms with Crippen LogP contribution in [0.25, 0.3) is 0 Å². The molecule has 4 nitrogen and oxygen atoms in total. The molecule has 152 valence electrons. The number of rotatable bonds is 3. The van der Waals surface area contributed by atoms with E-state index in [1.165, 1.54) is 11.1 Å². The molecule has 0 radical (unpaired) electrons. The van der Waals surface area contributed by atoms with Gasteiger partial charge < -0.3 is 5.32 Å². The number of hydrogen-bond donors (Lipinski definition) is 1. The number of fused-ring (bicyclic) bond motifs is 2. The van der Waals surface area contributed by atoms with Crippen molar-refractivity contribution in [1.29, 1.82) is 0 Å². The van der Waals surface area contributed by atoms with E-state index < -0.39 is 0 Å². The Morgan fingerprint density at radius 2 is 1.93 bits per heavy atom. The molecule has 2 aliphatic heterocycles. The number of nitrogens with zero attached hydrogens (tertiary/aromatic N) is 2. The molecular weight excluding hydrogens is 405 g/mol. The van der Waals surface area contributed by atoms with Gasteiger partial charge in [-0.2, -0.15) is 0 Å². The molecule has 4 rings (SSSR count). The smallest absolute Gasteiger partial charge is 0.307 e. The highest BCUT2D eigenvalue weighted by molar-refractivity contribution is 6.42. The molecule has 0 saturated carbocycles. The Bertz CT molecular complexity index is 951. The topological polar surface area (TPSA) is 35.6 Å². The van der Waals surface area contributed by atoms with Crippen molar-refractivity contribution in [3.8, 4) is 0 Å². The first kappa shape index (κ1) is 20.3. The van der Waals surface area contributed by atoms with Crippen molar-refractivity contribution in [1.82, 2.24) is 4.90 Å². The lowest BCUT2D eigenvalue weighted by atomic mass is 9.74. The Hall–Kier alpha value is -2.01. The molecule has 0 atom stereocenters. The van der Waals surface area contributed by atoms with Crippen LogP contribution in [-0.2, 0) is 5.41 Å². The number of piperidine rings is 1. The molecule has 1 N–H and O–H groups in total. The van der Waals surface area contributed by atoms with E-state index in [1.54, 1.807) is 18.2 Å². The first-order valence-electron chi connectivity index (χ1n) is 9.90. The number of likely N-dealkylation sites (tertiary alicyclic amines) is 1. The molecule has 0 bridgehead atoms. The molecule has 0 aliphatic carbocycles. The van der Waals surface area contributed by atoms with Gasteiger partial charge in [-0.05, 0) is 62.7 Å². The van der Waals surface area contributed by atoms with E-state index in [9.17, 15) is 4.79 Å². The summed E-state index contributed by atoms with van der Waals surface area (Å²) in [6.45, 7) is 9.61. The van der Waals surface area contributed by atoms with Gasteiger partial charge in [0.2, 0.25) is 0 Å². The molecule has 1 fully saturated rings. The van der Waals surface area contributed by atoms with E-state index in [4.69, 9.17) is 23.2 Å². The summed E-state index contributed by atoms with van der Waals surface area (Å²) in [5, 5.41) is 3.87. The fraction of sp³-hybridized carbons (Fsp3) is 0.348. The van der Waals surface area contributed by atoms with Crippen molar-refractivity contribution in [2.24, 2.45) is 0 Å². The molecule has 2 amide bonds. The van der Waals surface area contributed by atoms with Crippen molar-refractivity contribution >= 4 is 40.6 Å². The number of aryl methyl sites for hydroxylation is 1. The van der Waals surface area contributed by atoms with Gasteiger partial charge in [0.1, 0.15) is 0 Å². The van der Waals surface area contributed by atoms with Crippen molar-refractivity contribution in [3.05, 3.63) is 70.2 Å². The van der Waals surface area contributed by atoms with E-state index in [0.29, 0.717) is 22.3 Å². The van der Waals surface area contributed by atoms with Crippen LogP contribution in [0.5, 0.6) is 0 Å². The third kappa shape index (κ3) is 3.89. The molecule has 2 heterocycles. The average Bonchev–Trinajstić information content (AvgIpc) is 3.01. The molecule has 1 saturated heterocycles. The molecule has 6 heteroatoms. The molecule has 2 aromatic rings. The van der Waals surface area contributed by atoms with Crippen LogP contribution >= 0.6 is 23.2 Å². The number of urea groups is 1. The summed E-state index contributed by atoms with van der Waals surface area (Å²) in [6, 6.07) is 11.4. The molecule has 1 spiro atoms. The maximum absolute atomic E-state index is 13.2. The Morgan fingerprint density at radius 3 is 2.62 bits per heavy atom. The van der Waals surface area contributed by atoms with Crippen molar-refractivity contribution in [3.63, 3.8) is 0 Å². The molecule has 29 heavy (non-hydrogen) atoms. The molecule has 2 aromatic carbocycles. The average molecular weight is 430 g/mol. The van der Waals surface area contributed by atoms with Crippen molar-refractivity contribution in [2.45, 2.75) is 25.2 Å². The summed E-state index contributed by atoms with van der Waals surface area (Å²) in [5.41, 5.74) is 4.17. The minimum Gasteiger partial charge on any atom is -0.307 e. The quantitative estimate of drug-likeness (QED) is 0.618. The van der Waals surface area contributed by atoms with Crippen LogP contribution in [0.15, 0.2) is 49.1 Å². The largest absolute Gasteiger partial charge is 0.326 e. The number of carbonyl (C=O) groups excluding carboxylic acids is 1. The van der Waals surface area contributed by atoms with Gasteiger partial charge >= 0.3 is 6.03 Å². The van der Waals surface area contributed by atoms with Gasteiger partial charge in [-0.1, -0.05) is 47.0 Å². The SMILES string of the molecule is C=CCN1CCC2(CC1)CN(C(=O)Nc1ccc(Cl)c(Cl)c1)c1ccc(C)cc12. The standard InChI is InChI=1S/C23H25Cl2N3O/c1-3-10-27-11-8-23(9-12-27)15-28(21-7-4-16(2)13-18(21)23)22(29)26-17-5-6-19(24)20(25)14-17/h3-7,13-14H,1,8-12,15H2,2H3,(H,26,29). The minimum absolute atomic E-state index is 0.00794. The van der Waals surface area contributed by atoms with Crippen LogP contribution < -0.4 is 10.2 Å². The summed E-state index contributed by atoms with van der Waals surface area (Å²) in [4.78, 5) is 17.5. The fourth-order valence-corrected chi connectivity index (χ4v) is 4.80. The number of halogens is 2. The predicted octanol–water partition coefficient (Wildman–Crippen LogP) is 5.87. The van der Waals surface area contributed by atoms with Gasteiger partial charge in [-0.3, -0.25) is 9.80 Å². The van der Waals surface area contributed by atoms with E-state index in [2.05, 4.69) is 41.9 Å². The normalized spacial score (nSPS) is 18.0. The fourth-order valence-electron chi connectivity index (χ4n) is 4.50. The zero-order valence-corrected chi connectivity index (χ0v) is 18.1. The van der Waals surface area contributed by atoms with Gasteiger partial charge in [-0.15, -0.1) is 6.58 Å². The maximum Gasteiger partial charge on any atom is 0.326 e. The van der Waals surface area contributed by atoms with Gasteiger partial charge in [-0.25, -0.2) is 4.79 Å². The highest BCUT2D eigenvalue weighted by atomic mass is 35.5. The minimum atomic E-state index is -0.140. The monoisotopic (exact) mass is 429 g/mol. The van der Waals surface area contributed by atoms with Gasteiger partial charge in [0, 0.05) is 29.9 Å². The lowest BCUT2D eigenvalue weighted by Gasteiger charge is -2.39. The van der Waals surface area contributed by atoms with E-state index in [1.807, 2.05) is 11.0 Å².